The van der Waals surface area contributed by atoms with Crippen LogP contribution in [0.1, 0.15) is 85.7 Å². The van der Waals surface area contributed by atoms with E-state index in [1.165, 1.54) is 16.2 Å². The van der Waals surface area contributed by atoms with Crippen LogP contribution in [0.5, 0.6) is 17.4 Å². The Balaban J connectivity index is 1.22. The van der Waals surface area contributed by atoms with Gasteiger partial charge >= 0.3 is 0 Å². The molecule has 3 fully saturated rings. The highest BCUT2D eigenvalue weighted by Gasteiger charge is 2.61. The molecular formula is C40H47BrN4O9S2. The number of rotatable bonds is 10. The molecule has 2 N–H and O–H groups in total. The van der Waals surface area contributed by atoms with E-state index in [1.807, 2.05) is 38.1 Å². The number of Topliss-reactive ketones (excluding diaryl/α,β-unsaturated/α-hetero) is 1. The number of ether oxygens (including phenoxy) is 3. The number of carbonyl (C=O) groups excluding carboxylic acids is 4. The number of aryl methyl sites for hydroxylation is 1. The van der Waals surface area contributed by atoms with Gasteiger partial charge in [-0.1, -0.05) is 25.0 Å². The Labute approximate surface area is 339 Å². The second-order valence-electron chi connectivity index (χ2n) is 15.1. The summed E-state index contributed by atoms with van der Waals surface area (Å²) in [7, 11) is -2.30. The summed E-state index contributed by atoms with van der Waals surface area (Å²) in [6.45, 7) is 4.13. The lowest BCUT2D eigenvalue weighted by Gasteiger charge is -2.29. The molecule has 2 aliphatic heterocycles. The Hall–Kier alpha value is -4.02. The van der Waals surface area contributed by atoms with Crippen LogP contribution in [0, 0.1) is 18.3 Å². The van der Waals surface area contributed by atoms with Crippen molar-refractivity contribution in [2.45, 2.75) is 101 Å². The van der Waals surface area contributed by atoms with E-state index in [9.17, 15) is 27.6 Å². The van der Waals surface area contributed by atoms with Crippen molar-refractivity contribution in [1.82, 2.24) is 19.9 Å². The highest BCUT2D eigenvalue weighted by Crippen LogP contribution is 2.57. The number of amides is 3. The topological polar surface area (TPSA) is 170 Å². The monoisotopic (exact) mass is 870 g/mol. The fourth-order valence-corrected chi connectivity index (χ4v) is 10.6. The number of thiophene rings is 1. The molecule has 1 saturated heterocycles. The van der Waals surface area contributed by atoms with Gasteiger partial charge in [0, 0.05) is 29.2 Å². The average molecular weight is 872 g/mol. The van der Waals surface area contributed by atoms with E-state index in [-0.39, 0.29) is 37.0 Å². The van der Waals surface area contributed by atoms with E-state index in [0.717, 1.165) is 24.1 Å². The number of halogens is 1. The molecule has 3 amide bonds. The van der Waals surface area contributed by atoms with Crippen LogP contribution >= 0.6 is 27.3 Å². The Bertz CT molecular complexity index is 2170. The summed E-state index contributed by atoms with van der Waals surface area (Å²) in [5, 5.41) is 3.02. The van der Waals surface area contributed by atoms with Gasteiger partial charge in [0.25, 0.3) is 5.91 Å². The summed E-state index contributed by atoms with van der Waals surface area (Å²) in [6.07, 6.45) is 7.82. The second-order valence-corrected chi connectivity index (χ2v) is 19.2. The molecule has 0 bridgehead atoms. The lowest BCUT2D eigenvalue weighted by molar-refractivity contribution is -0.140. The third-order valence-corrected chi connectivity index (χ3v) is 14.7. The van der Waals surface area contributed by atoms with Crippen LogP contribution in [0.15, 0.2) is 47.0 Å². The minimum absolute atomic E-state index is 0.0312. The van der Waals surface area contributed by atoms with Crippen molar-refractivity contribution in [3.63, 3.8) is 0 Å². The minimum Gasteiger partial charge on any atom is -0.495 e. The third kappa shape index (κ3) is 8.47. The first-order valence-electron chi connectivity index (χ1n) is 19.2. The van der Waals surface area contributed by atoms with Gasteiger partial charge in [0.15, 0.2) is 5.78 Å². The molecule has 1 aromatic carbocycles. The van der Waals surface area contributed by atoms with Gasteiger partial charge in [-0.3, -0.25) is 23.9 Å². The zero-order chi connectivity index (χ0) is 39.8. The SMILES string of the molecule is CCOc1cc(O[C@@H]2C[C@H]3C(=O)C[C@]4(C(=O)NS(=O)(=O)C5CC5)C[C@@H]4/C=C\CCCCC[C@H](NC(=O)c4ccc(C)s4)C(=O)N3C2)c2ccc(OC)c(Br)c2n1. The summed E-state index contributed by atoms with van der Waals surface area (Å²) in [4.78, 5) is 64.2. The van der Waals surface area contributed by atoms with E-state index in [4.69, 9.17) is 14.2 Å². The summed E-state index contributed by atoms with van der Waals surface area (Å²) in [5.41, 5.74) is -0.716. The predicted octanol–water partition coefficient (Wildman–Crippen LogP) is 6.02. The molecule has 2 aliphatic carbocycles. The van der Waals surface area contributed by atoms with Crippen LogP contribution in [-0.4, -0.2) is 85.5 Å². The summed E-state index contributed by atoms with van der Waals surface area (Å²) in [5.74, 6) is -0.820. The zero-order valence-electron chi connectivity index (χ0n) is 31.7. The zero-order valence-corrected chi connectivity index (χ0v) is 34.9. The summed E-state index contributed by atoms with van der Waals surface area (Å²) in [6, 6.07) is 6.95. The van der Waals surface area contributed by atoms with E-state index >= 15 is 0 Å². The molecule has 300 valence electrons. The Morgan fingerprint density at radius 3 is 2.61 bits per heavy atom. The van der Waals surface area contributed by atoms with Crippen molar-refractivity contribution >= 4 is 71.7 Å². The highest BCUT2D eigenvalue weighted by molar-refractivity contribution is 9.10. The van der Waals surface area contributed by atoms with Crippen LogP contribution < -0.4 is 24.2 Å². The molecule has 2 saturated carbocycles. The molecule has 5 atom stereocenters. The van der Waals surface area contributed by atoms with Gasteiger partial charge in [0.2, 0.25) is 27.7 Å². The number of hydrogen-bond acceptors (Lipinski definition) is 11. The van der Waals surface area contributed by atoms with Crippen molar-refractivity contribution in [2.75, 3.05) is 20.3 Å². The number of benzene rings is 1. The number of carbonyl (C=O) groups is 4. The molecule has 4 aliphatic rings. The average Bonchev–Trinajstić information content (AvgIpc) is 4.05. The predicted molar refractivity (Wildman–Crippen MR) is 214 cm³/mol. The highest BCUT2D eigenvalue weighted by atomic mass is 79.9. The third-order valence-electron chi connectivity index (χ3n) is 11.1. The van der Waals surface area contributed by atoms with E-state index in [2.05, 4.69) is 31.0 Å². The molecule has 0 spiro atoms. The standard InChI is InChI=1S/C40H47BrN4O9S2/c1-4-53-34-19-32(27-15-16-31(52-3)35(41)36(27)43-34)54-25-18-29-30(46)21-40(39(49)44-56(50,51)26-13-14-26)20-24(40)10-8-6-5-7-9-11-28(38(48)45(29)22-25)42-37(47)33-17-12-23(2)55-33/h8,10,12,15-17,19,24-26,28-29H,4-7,9,11,13-14,18,20-22H2,1-3H3,(H,42,47)(H,44,49)/b10-8-/t24-,25+,28-,29-,40+/m0/s1. The number of nitrogens with zero attached hydrogens (tertiary/aromatic N) is 2. The minimum atomic E-state index is -3.86. The molecule has 2 aromatic heterocycles. The number of aromatic nitrogens is 1. The van der Waals surface area contributed by atoms with Gasteiger partial charge in [-0.25, -0.2) is 13.4 Å². The van der Waals surface area contributed by atoms with Gasteiger partial charge in [-0.05, 0) is 98.5 Å². The van der Waals surface area contributed by atoms with Crippen molar-refractivity contribution in [3.05, 3.63) is 56.7 Å². The smallest absolute Gasteiger partial charge is 0.262 e. The summed E-state index contributed by atoms with van der Waals surface area (Å²) < 4.78 is 46.7. The van der Waals surface area contributed by atoms with Crippen molar-refractivity contribution in [3.8, 4) is 17.4 Å². The number of allylic oxidation sites excluding steroid dienone is 2. The Kier molecular flexibility index (Phi) is 11.8. The van der Waals surface area contributed by atoms with Gasteiger partial charge in [0.1, 0.15) is 23.6 Å². The number of nitrogens with one attached hydrogen (secondary N) is 2. The first-order chi connectivity index (χ1) is 26.8. The van der Waals surface area contributed by atoms with Crippen LogP contribution in [-0.2, 0) is 24.4 Å². The summed E-state index contributed by atoms with van der Waals surface area (Å²) >= 11 is 4.93. The lowest BCUT2D eigenvalue weighted by Crippen LogP contribution is -2.52. The molecule has 16 heteroatoms. The largest absolute Gasteiger partial charge is 0.495 e. The maximum Gasteiger partial charge on any atom is 0.262 e. The Morgan fingerprint density at radius 2 is 1.89 bits per heavy atom. The van der Waals surface area contributed by atoms with Crippen molar-refractivity contribution < 1.29 is 41.8 Å². The van der Waals surface area contributed by atoms with Gasteiger partial charge in [-0.2, -0.15) is 0 Å². The normalized spacial score (nSPS) is 26.3. The fraction of sp³-hybridized carbons (Fsp3) is 0.525. The van der Waals surface area contributed by atoms with Gasteiger partial charge in [-0.15, -0.1) is 11.3 Å². The molecule has 13 nitrogen and oxygen atoms in total. The van der Waals surface area contributed by atoms with Crippen LogP contribution in [0.3, 0.4) is 0 Å². The quantitative estimate of drug-likeness (QED) is 0.230. The first-order valence-corrected chi connectivity index (χ1v) is 22.4. The van der Waals surface area contributed by atoms with Gasteiger partial charge < -0.3 is 24.4 Å². The molecule has 0 unspecified atom stereocenters. The molecule has 7 rings (SSSR count). The number of sulfonamides is 1. The van der Waals surface area contributed by atoms with E-state index < -0.39 is 50.7 Å². The number of fused-ring (bicyclic) bond motifs is 3. The Morgan fingerprint density at radius 1 is 1.09 bits per heavy atom. The fourth-order valence-electron chi connectivity index (χ4n) is 7.82. The maximum absolute atomic E-state index is 14.7. The number of hydrogen-bond donors (Lipinski definition) is 2. The number of ketones is 1. The van der Waals surface area contributed by atoms with E-state index in [0.29, 0.717) is 76.3 Å². The number of methoxy groups -OCH3 is 1. The molecule has 4 heterocycles. The van der Waals surface area contributed by atoms with Crippen LogP contribution in [0.4, 0.5) is 0 Å². The van der Waals surface area contributed by atoms with Gasteiger partial charge in [0.05, 0.1) is 51.8 Å². The van der Waals surface area contributed by atoms with Crippen molar-refractivity contribution in [2.24, 2.45) is 11.3 Å². The van der Waals surface area contributed by atoms with Crippen LogP contribution in [0.25, 0.3) is 10.9 Å². The molecule has 0 radical (unpaired) electrons. The van der Waals surface area contributed by atoms with Crippen molar-refractivity contribution in [1.29, 1.82) is 0 Å². The van der Waals surface area contributed by atoms with E-state index in [1.54, 1.807) is 25.3 Å². The molecule has 3 aromatic rings. The second kappa shape index (κ2) is 16.5. The lowest BCUT2D eigenvalue weighted by atomic mass is 9.91. The molecule has 56 heavy (non-hydrogen) atoms. The first kappa shape index (κ1) is 40.2. The maximum atomic E-state index is 14.7. The van der Waals surface area contributed by atoms with Crippen LogP contribution in [0.2, 0.25) is 0 Å². The number of pyridine rings is 1. The molecular weight excluding hydrogens is 824 g/mol.